The van der Waals surface area contributed by atoms with E-state index in [9.17, 15) is 0 Å². The van der Waals surface area contributed by atoms with E-state index in [0.29, 0.717) is 0 Å². The Morgan fingerprint density at radius 1 is 1.57 bits per heavy atom. The molecule has 0 saturated carbocycles. The number of carbonyl (C=O) groups is 1. The molecule has 3 heteroatoms. The predicted molar refractivity (Wildman–Crippen MR) is 59.7 cm³/mol. The van der Waals surface area contributed by atoms with Crippen molar-refractivity contribution in [2.75, 3.05) is 0 Å². The van der Waals surface area contributed by atoms with Gasteiger partial charge >= 0.3 is 6.03 Å². The highest BCUT2D eigenvalue weighted by atomic mass is 16.2. The van der Waals surface area contributed by atoms with Gasteiger partial charge in [-0.2, -0.15) is 0 Å². The molecule has 0 aromatic carbocycles. The third-order valence-corrected chi connectivity index (χ3v) is 2.33. The van der Waals surface area contributed by atoms with Gasteiger partial charge in [-0.05, 0) is 39.0 Å². The fourth-order valence-corrected chi connectivity index (χ4v) is 1.41. The zero-order valence-electron chi connectivity index (χ0n) is 9.05. The van der Waals surface area contributed by atoms with Crippen LogP contribution in [-0.4, -0.2) is 6.03 Å². The molecule has 1 atom stereocenters. The Morgan fingerprint density at radius 2 is 2.07 bits per heavy atom. The van der Waals surface area contributed by atoms with Crippen LogP contribution >= 0.6 is 0 Å². The van der Waals surface area contributed by atoms with Crippen molar-refractivity contribution in [1.29, 1.82) is 0 Å². The standard InChI is InChI=1S/C10H16.CH4N2O/c1-8(2)10-6-4-9(3)5-7-10;2-1(3)4/h4,10H,1,5-7H2,2-3H3;(H4,2,3,4)/t10-;/m0./s1. The maximum absolute atomic E-state index is 9.00. The fourth-order valence-electron chi connectivity index (χ4n) is 1.41. The van der Waals surface area contributed by atoms with Gasteiger partial charge in [0.2, 0.25) is 0 Å². The molecule has 0 fully saturated rings. The van der Waals surface area contributed by atoms with Crippen LogP contribution in [0.5, 0.6) is 0 Å². The van der Waals surface area contributed by atoms with Crippen molar-refractivity contribution in [3.63, 3.8) is 0 Å². The molecule has 0 aromatic heterocycles. The van der Waals surface area contributed by atoms with Crippen molar-refractivity contribution in [1.82, 2.24) is 0 Å². The van der Waals surface area contributed by atoms with Crippen LogP contribution in [0.15, 0.2) is 23.8 Å². The molecule has 1 aliphatic rings. The lowest BCUT2D eigenvalue weighted by atomic mass is 9.86. The van der Waals surface area contributed by atoms with Crippen LogP contribution in [0.2, 0.25) is 0 Å². The van der Waals surface area contributed by atoms with Gasteiger partial charge < -0.3 is 11.5 Å². The Balaban J connectivity index is 0.000000364. The quantitative estimate of drug-likeness (QED) is 0.621. The minimum atomic E-state index is -0.833. The minimum Gasteiger partial charge on any atom is -0.352 e. The molecule has 14 heavy (non-hydrogen) atoms. The summed E-state index contributed by atoms with van der Waals surface area (Å²) in [5.74, 6) is 0.767. The molecule has 4 N–H and O–H groups in total. The second-order valence-corrected chi connectivity index (χ2v) is 3.77. The first-order valence-electron chi connectivity index (χ1n) is 4.79. The average molecular weight is 196 g/mol. The molecule has 0 saturated heterocycles. The number of primary amides is 2. The number of allylic oxidation sites excluding steroid dienone is 3. The molecule has 2 amide bonds. The van der Waals surface area contributed by atoms with Crippen LogP contribution in [-0.2, 0) is 0 Å². The predicted octanol–water partition coefficient (Wildman–Crippen LogP) is 2.33. The first-order chi connectivity index (χ1) is 6.43. The van der Waals surface area contributed by atoms with E-state index in [4.69, 9.17) is 4.79 Å². The summed E-state index contributed by atoms with van der Waals surface area (Å²) >= 11 is 0. The molecule has 80 valence electrons. The summed E-state index contributed by atoms with van der Waals surface area (Å²) in [4.78, 5) is 9.00. The van der Waals surface area contributed by atoms with Crippen LogP contribution in [0.1, 0.15) is 33.1 Å². The second kappa shape index (κ2) is 6.24. The summed E-state index contributed by atoms with van der Waals surface area (Å²) in [5, 5.41) is 0. The average Bonchev–Trinajstić information content (AvgIpc) is 2.03. The van der Waals surface area contributed by atoms with Crippen LogP contribution in [0.3, 0.4) is 0 Å². The first-order valence-corrected chi connectivity index (χ1v) is 4.79. The first kappa shape index (κ1) is 12.8. The maximum Gasteiger partial charge on any atom is 0.309 e. The lowest BCUT2D eigenvalue weighted by Gasteiger charge is -2.19. The summed E-state index contributed by atoms with van der Waals surface area (Å²) in [6, 6.07) is -0.833. The van der Waals surface area contributed by atoms with E-state index in [-0.39, 0.29) is 0 Å². The normalized spacial score (nSPS) is 20.1. The lowest BCUT2D eigenvalue weighted by molar-refractivity contribution is 0.256. The third-order valence-electron chi connectivity index (χ3n) is 2.33. The molecule has 0 bridgehead atoms. The van der Waals surface area contributed by atoms with Gasteiger partial charge in [0.05, 0.1) is 0 Å². The molecule has 3 nitrogen and oxygen atoms in total. The topological polar surface area (TPSA) is 69.1 Å². The van der Waals surface area contributed by atoms with Gasteiger partial charge in [-0.1, -0.05) is 23.8 Å². The minimum absolute atomic E-state index is 0.767. The zero-order chi connectivity index (χ0) is 11.1. The van der Waals surface area contributed by atoms with Gasteiger partial charge in [-0.25, -0.2) is 4.79 Å². The molecule has 1 rings (SSSR count). The van der Waals surface area contributed by atoms with E-state index in [0.717, 1.165) is 5.92 Å². The van der Waals surface area contributed by atoms with Gasteiger partial charge in [0.25, 0.3) is 0 Å². The highest BCUT2D eigenvalue weighted by Gasteiger charge is 2.11. The van der Waals surface area contributed by atoms with Gasteiger partial charge in [0.1, 0.15) is 0 Å². The number of urea groups is 1. The Labute approximate surface area is 85.9 Å². The fraction of sp³-hybridized carbons (Fsp3) is 0.545. The van der Waals surface area contributed by atoms with E-state index in [1.165, 1.54) is 24.8 Å². The summed E-state index contributed by atoms with van der Waals surface area (Å²) in [6.07, 6.45) is 6.17. The number of hydrogen-bond acceptors (Lipinski definition) is 1. The van der Waals surface area contributed by atoms with Crippen LogP contribution in [0.25, 0.3) is 0 Å². The zero-order valence-corrected chi connectivity index (χ0v) is 9.05. The number of amides is 2. The van der Waals surface area contributed by atoms with Crippen molar-refractivity contribution < 1.29 is 4.79 Å². The maximum atomic E-state index is 9.00. The summed E-state index contributed by atoms with van der Waals surface area (Å²) in [6.45, 7) is 8.33. The smallest absolute Gasteiger partial charge is 0.309 e. The Morgan fingerprint density at radius 3 is 2.36 bits per heavy atom. The van der Waals surface area contributed by atoms with Gasteiger partial charge in [-0.3, -0.25) is 0 Å². The Hall–Kier alpha value is -1.25. The van der Waals surface area contributed by atoms with E-state index in [2.05, 4.69) is 38.0 Å². The van der Waals surface area contributed by atoms with E-state index in [1.807, 2.05) is 0 Å². The number of rotatable bonds is 1. The molecule has 0 aliphatic heterocycles. The molecule has 0 spiro atoms. The molecular formula is C11H20N2O. The number of hydrogen-bond donors (Lipinski definition) is 2. The van der Waals surface area contributed by atoms with Crippen LogP contribution in [0, 0.1) is 5.92 Å². The molecule has 0 radical (unpaired) electrons. The Kier molecular flexibility index (Phi) is 5.68. The van der Waals surface area contributed by atoms with E-state index in [1.54, 1.807) is 5.57 Å². The number of carbonyl (C=O) groups excluding carboxylic acids is 1. The molecule has 0 aromatic rings. The van der Waals surface area contributed by atoms with Crippen LogP contribution < -0.4 is 11.5 Å². The largest absolute Gasteiger partial charge is 0.352 e. The molecule has 0 heterocycles. The summed E-state index contributed by atoms with van der Waals surface area (Å²) < 4.78 is 0. The third kappa shape index (κ3) is 6.29. The van der Waals surface area contributed by atoms with Gasteiger partial charge in [0.15, 0.2) is 0 Å². The SMILES string of the molecule is C=C(C)[C@H]1CC=C(C)CC1.NC(N)=O. The van der Waals surface area contributed by atoms with Crippen LogP contribution in [0.4, 0.5) is 4.79 Å². The van der Waals surface area contributed by atoms with Crippen molar-refractivity contribution in [3.05, 3.63) is 23.8 Å². The van der Waals surface area contributed by atoms with Crippen molar-refractivity contribution >= 4 is 6.03 Å². The second-order valence-electron chi connectivity index (χ2n) is 3.77. The molecule has 0 unspecified atom stereocenters. The molecule has 1 aliphatic carbocycles. The van der Waals surface area contributed by atoms with E-state index < -0.39 is 6.03 Å². The van der Waals surface area contributed by atoms with Crippen molar-refractivity contribution in [3.8, 4) is 0 Å². The summed E-state index contributed by atoms with van der Waals surface area (Å²) in [7, 11) is 0. The molecular weight excluding hydrogens is 176 g/mol. The van der Waals surface area contributed by atoms with Crippen molar-refractivity contribution in [2.45, 2.75) is 33.1 Å². The highest BCUT2D eigenvalue weighted by molar-refractivity contribution is 5.69. The van der Waals surface area contributed by atoms with Crippen molar-refractivity contribution in [2.24, 2.45) is 17.4 Å². The van der Waals surface area contributed by atoms with Gasteiger partial charge in [-0.15, -0.1) is 0 Å². The summed E-state index contributed by atoms with van der Waals surface area (Å²) in [5.41, 5.74) is 11.4. The highest BCUT2D eigenvalue weighted by Crippen LogP contribution is 2.27. The monoisotopic (exact) mass is 196 g/mol. The lowest BCUT2D eigenvalue weighted by Crippen LogP contribution is -2.18. The van der Waals surface area contributed by atoms with Gasteiger partial charge in [0, 0.05) is 0 Å². The van der Waals surface area contributed by atoms with E-state index >= 15 is 0 Å². The Bertz CT molecular complexity index is 240. The number of nitrogens with two attached hydrogens (primary N) is 2.